The number of nitrogens with zero attached hydrogens (tertiary/aromatic N) is 1. The van der Waals surface area contributed by atoms with Crippen molar-refractivity contribution in [3.8, 4) is 16.9 Å². The zero-order chi connectivity index (χ0) is 32.1. The molecule has 44 heavy (non-hydrogen) atoms. The Balaban J connectivity index is 1.54. The molecule has 0 unspecified atom stereocenters. The number of esters is 1. The summed E-state index contributed by atoms with van der Waals surface area (Å²) in [7, 11) is 3.11. The number of Topliss-reactive ketones (excluding diaryl/α,β-unsaturated/α-hetero) is 2. The SMILES string of the molecule is CCOC(=O)CNCc1ccc(-c2ccc(O)c3c2C[C@H]2C[C@H]4[C@H](N(C)C)C(=O)C(C(N)=O)=C(O)[C@@]4(O)C(=O)C2=C3O)cc1. The van der Waals surface area contributed by atoms with Crippen molar-refractivity contribution in [2.24, 2.45) is 17.6 Å². The minimum Gasteiger partial charge on any atom is -0.508 e. The van der Waals surface area contributed by atoms with Crippen LogP contribution in [0.2, 0.25) is 0 Å². The highest BCUT2D eigenvalue weighted by Crippen LogP contribution is 2.53. The van der Waals surface area contributed by atoms with Gasteiger partial charge in [-0.25, -0.2) is 0 Å². The first kappa shape index (κ1) is 30.9. The summed E-state index contributed by atoms with van der Waals surface area (Å²) in [5, 5.41) is 48.0. The van der Waals surface area contributed by atoms with Gasteiger partial charge in [-0.05, 0) is 68.1 Å². The number of phenolic OH excluding ortho intramolecular Hbond substituents is 1. The molecule has 0 bridgehead atoms. The van der Waals surface area contributed by atoms with E-state index in [-0.39, 0.29) is 42.2 Å². The number of aromatic hydroxyl groups is 1. The molecule has 0 radical (unpaired) electrons. The van der Waals surface area contributed by atoms with Crippen LogP contribution in [0.15, 0.2) is 53.3 Å². The number of hydrogen-bond acceptors (Lipinski definition) is 11. The van der Waals surface area contributed by atoms with Gasteiger partial charge in [-0.15, -0.1) is 0 Å². The number of rotatable bonds is 8. The fourth-order valence-electron chi connectivity index (χ4n) is 6.84. The van der Waals surface area contributed by atoms with Crippen molar-refractivity contribution in [1.82, 2.24) is 10.2 Å². The van der Waals surface area contributed by atoms with Gasteiger partial charge in [0, 0.05) is 18.0 Å². The number of aliphatic hydroxyl groups is 3. The number of fused-ring (bicyclic) bond motifs is 3. The summed E-state index contributed by atoms with van der Waals surface area (Å²) in [5.41, 5.74) is 4.62. The molecule has 0 aliphatic heterocycles. The van der Waals surface area contributed by atoms with E-state index in [2.05, 4.69) is 5.32 Å². The molecule has 1 fully saturated rings. The van der Waals surface area contributed by atoms with Crippen LogP contribution in [-0.2, 0) is 36.9 Å². The minimum atomic E-state index is -2.69. The van der Waals surface area contributed by atoms with Crippen LogP contribution in [0.5, 0.6) is 5.75 Å². The fraction of sp³-hybridized carbons (Fsp3) is 0.375. The molecule has 1 saturated carbocycles. The van der Waals surface area contributed by atoms with Gasteiger partial charge in [-0.2, -0.15) is 0 Å². The topological polar surface area (TPSA) is 200 Å². The van der Waals surface area contributed by atoms with Crippen LogP contribution >= 0.6 is 0 Å². The van der Waals surface area contributed by atoms with Gasteiger partial charge in [-0.3, -0.25) is 24.1 Å². The van der Waals surface area contributed by atoms with Crippen LogP contribution in [0.1, 0.15) is 30.0 Å². The van der Waals surface area contributed by atoms with E-state index >= 15 is 0 Å². The van der Waals surface area contributed by atoms with E-state index < -0.39 is 58.0 Å². The number of phenols is 1. The van der Waals surface area contributed by atoms with E-state index in [1.165, 1.54) is 11.0 Å². The molecule has 3 aliphatic rings. The summed E-state index contributed by atoms with van der Waals surface area (Å²) in [6.45, 7) is 2.54. The maximum Gasteiger partial charge on any atom is 0.319 e. The molecular formula is C32H35N3O9. The maximum atomic E-state index is 14.0. The van der Waals surface area contributed by atoms with E-state index in [1.54, 1.807) is 27.1 Å². The van der Waals surface area contributed by atoms with Crippen molar-refractivity contribution in [2.45, 2.75) is 38.0 Å². The van der Waals surface area contributed by atoms with E-state index in [0.717, 1.165) is 11.1 Å². The third-order valence-electron chi connectivity index (χ3n) is 8.77. The van der Waals surface area contributed by atoms with Crippen LogP contribution in [-0.4, -0.2) is 87.7 Å². The zero-order valence-electron chi connectivity index (χ0n) is 24.6. The number of hydrogen-bond donors (Lipinski definition) is 6. The van der Waals surface area contributed by atoms with Gasteiger partial charge >= 0.3 is 5.97 Å². The van der Waals surface area contributed by atoms with Crippen LogP contribution < -0.4 is 11.1 Å². The lowest BCUT2D eigenvalue weighted by molar-refractivity contribution is -0.153. The van der Waals surface area contributed by atoms with Gasteiger partial charge < -0.3 is 36.2 Å². The number of amides is 1. The molecule has 12 heteroatoms. The number of nitrogens with two attached hydrogens (primary N) is 1. The number of primary amides is 1. The first-order valence-electron chi connectivity index (χ1n) is 14.3. The number of ketones is 2. The molecule has 4 atom stereocenters. The minimum absolute atomic E-state index is 0.00588. The van der Waals surface area contributed by atoms with Crippen LogP contribution in [0.4, 0.5) is 0 Å². The molecule has 2 aromatic rings. The summed E-state index contributed by atoms with van der Waals surface area (Å²) in [4.78, 5) is 52.5. The Morgan fingerprint density at radius 2 is 1.77 bits per heavy atom. The average Bonchev–Trinajstić information content (AvgIpc) is 2.95. The number of nitrogens with one attached hydrogen (secondary N) is 1. The second-order valence-electron chi connectivity index (χ2n) is 11.6. The Kier molecular flexibility index (Phi) is 8.10. The summed E-state index contributed by atoms with van der Waals surface area (Å²) in [6, 6.07) is 9.44. The first-order chi connectivity index (χ1) is 20.8. The van der Waals surface area contributed by atoms with E-state index in [4.69, 9.17) is 10.5 Å². The Bertz CT molecular complexity index is 1630. The highest BCUT2D eigenvalue weighted by molar-refractivity contribution is 6.24. The smallest absolute Gasteiger partial charge is 0.319 e. The molecule has 1 amide bonds. The maximum absolute atomic E-state index is 14.0. The molecule has 0 saturated heterocycles. The number of benzene rings is 2. The summed E-state index contributed by atoms with van der Waals surface area (Å²) < 4.78 is 4.92. The van der Waals surface area contributed by atoms with E-state index in [0.29, 0.717) is 24.3 Å². The lowest BCUT2D eigenvalue weighted by atomic mass is 9.57. The highest BCUT2D eigenvalue weighted by Gasteiger charge is 2.64. The van der Waals surface area contributed by atoms with Crippen molar-refractivity contribution in [3.05, 3.63) is 70.0 Å². The van der Waals surface area contributed by atoms with Gasteiger partial charge in [0.05, 0.1) is 24.8 Å². The van der Waals surface area contributed by atoms with Crippen molar-refractivity contribution in [3.63, 3.8) is 0 Å². The van der Waals surface area contributed by atoms with Crippen molar-refractivity contribution < 1.29 is 44.3 Å². The number of ether oxygens (including phenoxy) is 1. The fourth-order valence-corrected chi connectivity index (χ4v) is 6.84. The Morgan fingerprint density at radius 3 is 2.39 bits per heavy atom. The first-order valence-corrected chi connectivity index (χ1v) is 14.3. The molecule has 0 heterocycles. The Hall–Kier alpha value is -4.52. The lowest BCUT2D eigenvalue weighted by Gasteiger charge is -2.50. The molecule has 3 aliphatic carbocycles. The largest absolute Gasteiger partial charge is 0.508 e. The Morgan fingerprint density at radius 1 is 1.09 bits per heavy atom. The second-order valence-corrected chi connectivity index (χ2v) is 11.6. The lowest BCUT2D eigenvalue weighted by Crippen LogP contribution is -2.65. The third kappa shape index (κ3) is 4.84. The van der Waals surface area contributed by atoms with Crippen molar-refractivity contribution >= 4 is 29.2 Å². The third-order valence-corrected chi connectivity index (χ3v) is 8.77. The van der Waals surface area contributed by atoms with Crippen molar-refractivity contribution in [2.75, 3.05) is 27.2 Å². The molecule has 0 aromatic heterocycles. The number of carbonyl (C=O) groups excluding carboxylic acids is 4. The standard InChI is InChI=1S/C32H35N3O9/c1-4-44-22(37)14-34-13-15-5-7-16(8-6-15)18-9-10-21(36)24-19(18)11-17-12-20-26(35(2)3)28(39)25(31(33)42)30(41)32(20,43)29(40)23(17)27(24)38/h5-10,17,20,26,34,36,38,41,43H,4,11-14H2,1-3H3,(H2,33,42)/t17-,20-,26-,32-/m0/s1. The number of aliphatic hydroxyl groups excluding tert-OH is 2. The second kappa shape index (κ2) is 11.5. The zero-order valence-corrected chi connectivity index (χ0v) is 24.6. The Labute approximate surface area is 253 Å². The normalized spacial score (nSPS) is 24.6. The molecule has 12 nitrogen and oxygen atoms in total. The van der Waals surface area contributed by atoms with Gasteiger partial charge in [0.2, 0.25) is 5.78 Å². The van der Waals surface area contributed by atoms with Gasteiger partial charge in [-0.1, -0.05) is 30.3 Å². The van der Waals surface area contributed by atoms with Gasteiger partial charge in [0.15, 0.2) is 11.4 Å². The summed E-state index contributed by atoms with van der Waals surface area (Å²) in [5.74, 6) is -7.25. The molecular weight excluding hydrogens is 570 g/mol. The number of likely N-dealkylation sites (N-methyl/N-ethyl adjacent to an activating group) is 1. The molecule has 232 valence electrons. The predicted octanol–water partition coefficient (Wildman–Crippen LogP) is 1.28. The monoisotopic (exact) mass is 605 g/mol. The predicted molar refractivity (Wildman–Crippen MR) is 158 cm³/mol. The van der Waals surface area contributed by atoms with E-state index in [1.807, 2.05) is 24.3 Å². The molecule has 0 spiro atoms. The van der Waals surface area contributed by atoms with Gasteiger partial charge in [0.25, 0.3) is 5.91 Å². The molecule has 2 aromatic carbocycles. The summed E-state index contributed by atoms with van der Waals surface area (Å²) in [6.07, 6.45) is 0.188. The molecule has 5 rings (SSSR count). The van der Waals surface area contributed by atoms with E-state index in [9.17, 15) is 39.6 Å². The number of carbonyl (C=O) groups is 4. The quantitative estimate of drug-likeness (QED) is 0.187. The average molecular weight is 606 g/mol. The van der Waals surface area contributed by atoms with Crippen LogP contribution in [0.25, 0.3) is 16.9 Å². The van der Waals surface area contributed by atoms with Crippen molar-refractivity contribution in [1.29, 1.82) is 0 Å². The van der Waals surface area contributed by atoms with Crippen LogP contribution in [0, 0.1) is 11.8 Å². The molecule has 7 N–H and O–H groups in total. The van der Waals surface area contributed by atoms with Crippen LogP contribution in [0.3, 0.4) is 0 Å². The highest BCUT2D eigenvalue weighted by atomic mass is 16.5. The van der Waals surface area contributed by atoms with Gasteiger partial charge in [0.1, 0.15) is 22.8 Å². The summed E-state index contributed by atoms with van der Waals surface area (Å²) >= 11 is 0.